The van der Waals surface area contributed by atoms with Gasteiger partial charge in [0.2, 0.25) is 5.95 Å². The Balaban J connectivity index is 1.73. The third-order valence-corrected chi connectivity index (χ3v) is 4.58. The lowest BCUT2D eigenvalue weighted by Crippen LogP contribution is -2.22. The number of ether oxygens (including phenoxy) is 1. The van der Waals surface area contributed by atoms with E-state index in [1.165, 1.54) is 0 Å². The van der Waals surface area contributed by atoms with Crippen molar-refractivity contribution in [3.8, 4) is 11.3 Å². The second-order valence-corrected chi connectivity index (χ2v) is 6.58. The topological polar surface area (TPSA) is 82.2 Å². The average Bonchev–Trinajstić information content (AvgIpc) is 3.20. The van der Waals surface area contributed by atoms with Crippen molar-refractivity contribution in [2.45, 2.75) is 33.4 Å². The van der Waals surface area contributed by atoms with Crippen molar-refractivity contribution in [3.05, 3.63) is 36.4 Å². The largest absolute Gasteiger partial charge is 0.383 e. The van der Waals surface area contributed by atoms with E-state index < -0.39 is 0 Å². The van der Waals surface area contributed by atoms with E-state index in [-0.39, 0.29) is 6.04 Å². The zero-order valence-electron chi connectivity index (χ0n) is 16.0. The standard InChI is InChI=1S/C19H23N7O/c1-5-25-13(3)22-16-7-6-15(23-18(16)25)14-8-9-26-17(14)10-20-19(24-26)21-12(2)11-27-4/h6-10,12H,5,11H2,1-4H3,(H,21,24)/t12-/m1/s1. The summed E-state index contributed by atoms with van der Waals surface area (Å²) >= 11 is 0. The van der Waals surface area contributed by atoms with Crippen LogP contribution in [0.4, 0.5) is 5.95 Å². The average molecular weight is 365 g/mol. The van der Waals surface area contributed by atoms with E-state index in [4.69, 9.17) is 9.72 Å². The fourth-order valence-electron chi connectivity index (χ4n) is 3.34. The van der Waals surface area contributed by atoms with E-state index in [2.05, 4.69) is 31.9 Å². The van der Waals surface area contributed by atoms with E-state index >= 15 is 0 Å². The second-order valence-electron chi connectivity index (χ2n) is 6.58. The van der Waals surface area contributed by atoms with Gasteiger partial charge in [-0.2, -0.15) is 0 Å². The molecule has 0 fully saturated rings. The highest BCUT2D eigenvalue weighted by atomic mass is 16.5. The van der Waals surface area contributed by atoms with Crippen LogP contribution in [0.15, 0.2) is 30.6 Å². The van der Waals surface area contributed by atoms with Crippen molar-refractivity contribution in [2.75, 3.05) is 19.0 Å². The van der Waals surface area contributed by atoms with Crippen LogP contribution in [-0.2, 0) is 11.3 Å². The maximum atomic E-state index is 5.14. The molecule has 140 valence electrons. The Morgan fingerprint density at radius 2 is 2.07 bits per heavy atom. The van der Waals surface area contributed by atoms with Gasteiger partial charge in [-0.3, -0.25) is 0 Å². The minimum absolute atomic E-state index is 0.129. The normalized spacial score (nSPS) is 12.7. The number of anilines is 1. The number of imidazole rings is 1. The fourth-order valence-corrected chi connectivity index (χ4v) is 3.34. The molecule has 0 unspecified atom stereocenters. The molecule has 4 aromatic rings. The van der Waals surface area contributed by atoms with Gasteiger partial charge in [-0.25, -0.2) is 19.5 Å². The Morgan fingerprint density at radius 1 is 1.22 bits per heavy atom. The summed E-state index contributed by atoms with van der Waals surface area (Å²) in [7, 11) is 1.68. The van der Waals surface area contributed by atoms with Crippen molar-refractivity contribution < 1.29 is 4.74 Å². The molecule has 4 aromatic heterocycles. The van der Waals surface area contributed by atoms with Gasteiger partial charge in [0, 0.05) is 31.5 Å². The molecule has 0 saturated heterocycles. The summed E-state index contributed by atoms with van der Waals surface area (Å²) in [6.45, 7) is 7.56. The number of hydrogen-bond acceptors (Lipinski definition) is 6. The molecular weight excluding hydrogens is 342 g/mol. The van der Waals surface area contributed by atoms with Crippen molar-refractivity contribution in [1.29, 1.82) is 0 Å². The number of pyridine rings is 1. The van der Waals surface area contributed by atoms with Crippen LogP contribution in [0.25, 0.3) is 27.9 Å². The van der Waals surface area contributed by atoms with Gasteiger partial charge in [0.15, 0.2) is 5.65 Å². The van der Waals surface area contributed by atoms with E-state index in [1.807, 2.05) is 49.0 Å². The van der Waals surface area contributed by atoms with Gasteiger partial charge < -0.3 is 14.6 Å². The first-order chi connectivity index (χ1) is 13.1. The Labute approximate surface area is 157 Å². The smallest absolute Gasteiger partial charge is 0.241 e. The molecule has 4 rings (SSSR count). The highest BCUT2D eigenvalue weighted by Gasteiger charge is 2.13. The Bertz CT molecular complexity index is 1100. The van der Waals surface area contributed by atoms with E-state index in [0.717, 1.165) is 40.3 Å². The molecule has 1 N–H and O–H groups in total. The van der Waals surface area contributed by atoms with E-state index in [1.54, 1.807) is 7.11 Å². The lowest BCUT2D eigenvalue weighted by atomic mass is 10.2. The Morgan fingerprint density at radius 3 is 2.85 bits per heavy atom. The third-order valence-electron chi connectivity index (χ3n) is 4.58. The zero-order valence-corrected chi connectivity index (χ0v) is 16.0. The fraction of sp³-hybridized carbons (Fsp3) is 0.368. The third kappa shape index (κ3) is 3.12. The molecule has 0 aliphatic rings. The number of nitrogens with one attached hydrogen (secondary N) is 1. The predicted molar refractivity (Wildman–Crippen MR) is 105 cm³/mol. The molecule has 0 saturated carbocycles. The van der Waals surface area contributed by atoms with E-state index in [9.17, 15) is 0 Å². The second kappa shape index (κ2) is 6.96. The molecule has 0 radical (unpaired) electrons. The minimum atomic E-state index is 0.129. The van der Waals surface area contributed by atoms with Crippen LogP contribution in [0.3, 0.4) is 0 Å². The number of aryl methyl sites for hydroxylation is 2. The molecule has 4 heterocycles. The van der Waals surface area contributed by atoms with Gasteiger partial charge in [0.05, 0.1) is 24.0 Å². The molecule has 0 aliphatic heterocycles. The number of methoxy groups -OCH3 is 1. The molecular formula is C19H23N7O. The molecule has 0 aliphatic carbocycles. The van der Waals surface area contributed by atoms with Gasteiger partial charge >= 0.3 is 0 Å². The van der Waals surface area contributed by atoms with Crippen molar-refractivity contribution in [1.82, 2.24) is 29.1 Å². The molecule has 27 heavy (non-hydrogen) atoms. The van der Waals surface area contributed by atoms with Crippen LogP contribution in [0.1, 0.15) is 19.7 Å². The summed E-state index contributed by atoms with van der Waals surface area (Å²) in [5, 5.41) is 7.77. The summed E-state index contributed by atoms with van der Waals surface area (Å²) in [6.07, 6.45) is 3.74. The first kappa shape index (κ1) is 17.4. The summed E-state index contributed by atoms with van der Waals surface area (Å²) in [5.41, 5.74) is 4.61. The Kier molecular flexibility index (Phi) is 4.49. The van der Waals surface area contributed by atoms with Gasteiger partial charge in [-0.1, -0.05) is 0 Å². The number of aromatic nitrogens is 6. The maximum Gasteiger partial charge on any atom is 0.241 e. The van der Waals surface area contributed by atoms with Crippen LogP contribution in [-0.4, -0.2) is 48.9 Å². The summed E-state index contributed by atoms with van der Waals surface area (Å²) < 4.78 is 9.08. The zero-order chi connectivity index (χ0) is 19.0. The summed E-state index contributed by atoms with van der Waals surface area (Å²) in [5.74, 6) is 1.54. The maximum absolute atomic E-state index is 5.14. The van der Waals surface area contributed by atoms with Crippen LogP contribution in [0.5, 0.6) is 0 Å². The van der Waals surface area contributed by atoms with Crippen molar-refractivity contribution >= 4 is 22.6 Å². The number of fused-ring (bicyclic) bond motifs is 2. The highest BCUT2D eigenvalue weighted by Crippen LogP contribution is 2.26. The van der Waals surface area contributed by atoms with Crippen molar-refractivity contribution in [3.63, 3.8) is 0 Å². The van der Waals surface area contributed by atoms with Gasteiger partial charge in [-0.05, 0) is 39.0 Å². The van der Waals surface area contributed by atoms with Crippen LogP contribution in [0.2, 0.25) is 0 Å². The molecule has 1 atom stereocenters. The van der Waals surface area contributed by atoms with Gasteiger partial charge in [-0.15, -0.1) is 5.10 Å². The molecule has 8 nitrogen and oxygen atoms in total. The molecule has 0 bridgehead atoms. The van der Waals surface area contributed by atoms with E-state index in [0.29, 0.717) is 12.6 Å². The van der Waals surface area contributed by atoms with Crippen LogP contribution in [0, 0.1) is 6.92 Å². The Hall–Kier alpha value is -3.00. The molecule has 0 aromatic carbocycles. The first-order valence-corrected chi connectivity index (χ1v) is 9.04. The lowest BCUT2D eigenvalue weighted by Gasteiger charge is -2.12. The predicted octanol–water partition coefficient (Wildman–Crippen LogP) is 2.92. The van der Waals surface area contributed by atoms with Crippen LogP contribution >= 0.6 is 0 Å². The highest BCUT2D eigenvalue weighted by molar-refractivity contribution is 5.82. The van der Waals surface area contributed by atoms with Crippen LogP contribution < -0.4 is 5.32 Å². The molecule has 0 amide bonds. The summed E-state index contributed by atoms with van der Waals surface area (Å²) in [6, 6.07) is 6.16. The number of nitrogens with zero attached hydrogens (tertiary/aromatic N) is 6. The number of hydrogen-bond donors (Lipinski definition) is 1. The SMILES string of the molecule is CCn1c(C)nc2ccc(-c3ccn4nc(N[C@H](C)COC)ncc34)nc21. The lowest BCUT2D eigenvalue weighted by molar-refractivity contribution is 0.190. The molecule has 0 spiro atoms. The quantitative estimate of drug-likeness (QED) is 0.566. The summed E-state index contributed by atoms with van der Waals surface area (Å²) in [4.78, 5) is 13.9. The van der Waals surface area contributed by atoms with Gasteiger partial charge in [0.1, 0.15) is 11.3 Å². The molecule has 8 heteroatoms. The minimum Gasteiger partial charge on any atom is -0.383 e. The first-order valence-electron chi connectivity index (χ1n) is 9.04. The van der Waals surface area contributed by atoms with Crippen molar-refractivity contribution in [2.24, 2.45) is 0 Å². The monoisotopic (exact) mass is 365 g/mol. The van der Waals surface area contributed by atoms with Gasteiger partial charge in [0.25, 0.3) is 0 Å². The number of rotatable bonds is 6.